The molecule has 1 atom stereocenters. The van der Waals surface area contributed by atoms with Gasteiger partial charge in [-0.1, -0.05) is 19.1 Å². The van der Waals surface area contributed by atoms with E-state index in [1.807, 2.05) is 31.2 Å². The highest BCUT2D eigenvalue weighted by Crippen LogP contribution is 2.37. The standard InChI is InChI=1S/C21H18N2O3/c1-3-11-23-18(14-7-9-22-10-8-14)17-19(24)15-12-13(4-2)5-6-16(15)26-20(17)21(23)25/h3,5-10,12,18H,1,4,11H2,2H3. The van der Waals surface area contributed by atoms with Crippen LogP contribution in [0.15, 0.2) is 64.6 Å². The number of hydrogen-bond donors (Lipinski definition) is 0. The van der Waals surface area contributed by atoms with Crippen molar-refractivity contribution < 1.29 is 9.21 Å². The summed E-state index contributed by atoms with van der Waals surface area (Å²) < 4.78 is 5.88. The summed E-state index contributed by atoms with van der Waals surface area (Å²) in [5, 5.41) is 0.510. The highest BCUT2D eigenvalue weighted by molar-refractivity contribution is 5.99. The van der Waals surface area contributed by atoms with Gasteiger partial charge in [0.25, 0.3) is 5.91 Å². The van der Waals surface area contributed by atoms with Gasteiger partial charge in [-0.05, 0) is 41.8 Å². The molecule has 0 bridgehead atoms. The van der Waals surface area contributed by atoms with Crippen molar-refractivity contribution in [1.82, 2.24) is 9.88 Å². The van der Waals surface area contributed by atoms with Crippen molar-refractivity contribution in [3.05, 3.63) is 88.1 Å². The lowest BCUT2D eigenvalue weighted by atomic mass is 9.99. The molecule has 1 aromatic carbocycles. The Morgan fingerprint density at radius 3 is 2.69 bits per heavy atom. The Kier molecular flexibility index (Phi) is 3.92. The van der Waals surface area contributed by atoms with Crippen LogP contribution in [0.3, 0.4) is 0 Å². The quantitative estimate of drug-likeness (QED) is 0.679. The van der Waals surface area contributed by atoms with E-state index in [-0.39, 0.29) is 17.1 Å². The van der Waals surface area contributed by atoms with Crippen molar-refractivity contribution in [3.63, 3.8) is 0 Å². The third-order valence-corrected chi connectivity index (χ3v) is 4.79. The fraction of sp³-hybridized carbons (Fsp3) is 0.190. The van der Waals surface area contributed by atoms with Gasteiger partial charge < -0.3 is 9.32 Å². The van der Waals surface area contributed by atoms with Crippen LogP contribution < -0.4 is 5.43 Å². The molecule has 0 aliphatic carbocycles. The summed E-state index contributed by atoms with van der Waals surface area (Å²) in [5.74, 6) is -0.171. The van der Waals surface area contributed by atoms with Crippen molar-refractivity contribution in [2.75, 3.05) is 6.54 Å². The molecule has 0 radical (unpaired) electrons. The van der Waals surface area contributed by atoms with Crippen LogP contribution in [-0.2, 0) is 6.42 Å². The Balaban J connectivity index is 2.02. The lowest BCUT2D eigenvalue weighted by molar-refractivity contribution is 0.0748. The smallest absolute Gasteiger partial charge is 0.291 e. The number of hydrogen-bond acceptors (Lipinski definition) is 4. The number of aryl methyl sites for hydroxylation is 1. The van der Waals surface area contributed by atoms with Gasteiger partial charge in [0.05, 0.1) is 17.0 Å². The third kappa shape index (κ3) is 2.36. The van der Waals surface area contributed by atoms with Gasteiger partial charge in [0.2, 0.25) is 5.76 Å². The van der Waals surface area contributed by atoms with E-state index in [4.69, 9.17) is 4.42 Å². The van der Waals surface area contributed by atoms with Gasteiger partial charge in [-0.2, -0.15) is 0 Å². The number of pyridine rings is 1. The molecule has 3 aromatic rings. The average Bonchev–Trinajstić information content (AvgIpc) is 2.95. The Bertz CT molecular complexity index is 1070. The highest BCUT2D eigenvalue weighted by Gasteiger charge is 2.42. The number of benzene rings is 1. The molecule has 130 valence electrons. The molecular weight excluding hydrogens is 328 g/mol. The van der Waals surface area contributed by atoms with Gasteiger partial charge in [-0.25, -0.2) is 0 Å². The molecule has 0 fully saturated rings. The van der Waals surface area contributed by atoms with Gasteiger partial charge in [0, 0.05) is 18.9 Å². The second-order valence-corrected chi connectivity index (χ2v) is 6.29. The molecule has 4 rings (SSSR count). The normalized spacial score (nSPS) is 16.1. The first kappa shape index (κ1) is 16.3. The molecule has 1 aliphatic rings. The summed E-state index contributed by atoms with van der Waals surface area (Å²) in [5.41, 5.74) is 2.56. The van der Waals surface area contributed by atoms with Gasteiger partial charge in [-0.15, -0.1) is 6.58 Å². The van der Waals surface area contributed by atoms with E-state index in [9.17, 15) is 9.59 Å². The number of carbonyl (C=O) groups is 1. The molecule has 3 heterocycles. The minimum Gasteiger partial charge on any atom is -0.450 e. The summed E-state index contributed by atoms with van der Waals surface area (Å²) in [4.78, 5) is 31.8. The molecule has 0 saturated heterocycles. The molecule has 1 aliphatic heterocycles. The third-order valence-electron chi connectivity index (χ3n) is 4.79. The lowest BCUT2D eigenvalue weighted by Crippen LogP contribution is -2.29. The number of rotatable bonds is 4. The van der Waals surface area contributed by atoms with Gasteiger partial charge in [0.15, 0.2) is 5.43 Å². The molecule has 0 N–H and O–H groups in total. The number of carbonyl (C=O) groups excluding carboxylic acids is 1. The SMILES string of the molecule is C=CCN1C(=O)c2oc3ccc(CC)cc3c(=O)c2C1c1ccncc1. The maximum atomic E-state index is 13.3. The largest absolute Gasteiger partial charge is 0.450 e. The van der Waals surface area contributed by atoms with E-state index < -0.39 is 6.04 Å². The lowest BCUT2D eigenvalue weighted by Gasteiger charge is -2.23. The molecule has 5 nitrogen and oxygen atoms in total. The molecule has 2 aromatic heterocycles. The molecule has 0 saturated carbocycles. The monoisotopic (exact) mass is 346 g/mol. The maximum Gasteiger partial charge on any atom is 0.291 e. The summed E-state index contributed by atoms with van der Waals surface area (Å²) in [6.07, 6.45) is 5.78. The molecule has 1 unspecified atom stereocenters. The van der Waals surface area contributed by atoms with E-state index in [0.29, 0.717) is 23.1 Å². The van der Waals surface area contributed by atoms with Crippen LogP contribution in [0.5, 0.6) is 0 Å². The first-order valence-electron chi connectivity index (χ1n) is 8.57. The summed E-state index contributed by atoms with van der Waals surface area (Å²) in [6, 6.07) is 8.67. The van der Waals surface area contributed by atoms with Crippen molar-refractivity contribution in [2.45, 2.75) is 19.4 Å². The average molecular weight is 346 g/mol. The fourth-order valence-corrected chi connectivity index (χ4v) is 3.51. The maximum absolute atomic E-state index is 13.3. The number of nitrogens with zero attached hydrogens (tertiary/aromatic N) is 2. The minimum atomic E-state index is -0.496. The molecule has 1 amide bonds. The van der Waals surface area contributed by atoms with Crippen molar-refractivity contribution in [1.29, 1.82) is 0 Å². The molecule has 5 heteroatoms. The Labute approximate surface area is 150 Å². The summed E-state index contributed by atoms with van der Waals surface area (Å²) in [7, 11) is 0. The van der Waals surface area contributed by atoms with Crippen LogP contribution in [0, 0.1) is 0 Å². The Morgan fingerprint density at radius 1 is 1.23 bits per heavy atom. The molecule has 26 heavy (non-hydrogen) atoms. The van der Waals surface area contributed by atoms with Gasteiger partial charge in [0.1, 0.15) is 5.58 Å². The van der Waals surface area contributed by atoms with Crippen LogP contribution >= 0.6 is 0 Å². The van der Waals surface area contributed by atoms with E-state index in [0.717, 1.165) is 17.5 Å². The van der Waals surface area contributed by atoms with E-state index in [1.54, 1.807) is 29.4 Å². The Hall–Kier alpha value is -3.21. The zero-order valence-electron chi connectivity index (χ0n) is 14.4. The van der Waals surface area contributed by atoms with Crippen LogP contribution in [0.4, 0.5) is 0 Å². The molecule has 0 spiro atoms. The topological polar surface area (TPSA) is 63.4 Å². The zero-order valence-corrected chi connectivity index (χ0v) is 14.4. The van der Waals surface area contributed by atoms with Crippen molar-refractivity contribution >= 4 is 16.9 Å². The predicted octanol–water partition coefficient (Wildman–Crippen LogP) is 3.48. The second-order valence-electron chi connectivity index (χ2n) is 6.29. The van der Waals surface area contributed by atoms with E-state index >= 15 is 0 Å². The minimum absolute atomic E-state index is 0.121. The van der Waals surface area contributed by atoms with Crippen LogP contribution in [0.2, 0.25) is 0 Å². The van der Waals surface area contributed by atoms with E-state index in [1.165, 1.54) is 0 Å². The summed E-state index contributed by atoms with van der Waals surface area (Å²) in [6.45, 7) is 6.09. The van der Waals surface area contributed by atoms with Crippen LogP contribution in [0.25, 0.3) is 11.0 Å². The van der Waals surface area contributed by atoms with E-state index in [2.05, 4.69) is 11.6 Å². The number of fused-ring (bicyclic) bond motifs is 2. The first-order chi connectivity index (χ1) is 12.7. The van der Waals surface area contributed by atoms with Crippen molar-refractivity contribution in [2.24, 2.45) is 0 Å². The number of aromatic nitrogens is 1. The number of amides is 1. The summed E-state index contributed by atoms with van der Waals surface area (Å²) >= 11 is 0. The zero-order chi connectivity index (χ0) is 18.3. The predicted molar refractivity (Wildman–Crippen MR) is 99.2 cm³/mol. The van der Waals surface area contributed by atoms with Crippen molar-refractivity contribution in [3.8, 4) is 0 Å². The van der Waals surface area contributed by atoms with Crippen LogP contribution in [-0.4, -0.2) is 22.3 Å². The fourth-order valence-electron chi connectivity index (χ4n) is 3.51. The highest BCUT2D eigenvalue weighted by atomic mass is 16.3. The first-order valence-corrected chi connectivity index (χ1v) is 8.57. The Morgan fingerprint density at radius 2 is 2.00 bits per heavy atom. The van der Waals surface area contributed by atoms with Gasteiger partial charge >= 0.3 is 0 Å². The van der Waals surface area contributed by atoms with Gasteiger partial charge in [-0.3, -0.25) is 14.6 Å². The second kappa shape index (κ2) is 6.26. The molecular formula is C21H18N2O3. The van der Waals surface area contributed by atoms with Crippen LogP contribution in [0.1, 0.15) is 40.2 Å².